The molecule has 8 heteroatoms. The number of aromatic nitrogens is 4. The lowest BCUT2D eigenvalue weighted by Gasteiger charge is -2.37. The van der Waals surface area contributed by atoms with Gasteiger partial charge in [0.25, 0.3) is 5.56 Å². The van der Waals surface area contributed by atoms with E-state index in [1.165, 1.54) is 11.1 Å². The summed E-state index contributed by atoms with van der Waals surface area (Å²) in [7, 11) is 0. The summed E-state index contributed by atoms with van der Waals surface area (Å²) in [5.74, 6) is 0.840. The fourth-order valence-electron chi connectivity index (χ4n) is 4.45. The predicted octanol–water partition coefficient (Wildman–Crippen LogP) is 1.59. The zero-order chi connectivity index (χ0) is 19.3. The summed E-state index contributed by atoms with van der Waals surface area (Å²) in [4.78, 5) is 14.8. The maximum atomic E-state index is 12.4. The van der Waals surface area contributed by atoms with Gasteiger partial charge in [0.15, 0.2) is 0 Å². The Morgan fingerprint density at radius 2 is 2.04 bits per heavy atom. The number of aliphatic hydroxyl groups excluding tert-OH is 1. The summed E-state index contributed by atoms with van der Waals surface area (Å²) < 4.78 is 1.53. The molecule has 0 aromatic carbocycles. The Morgan fingerprint density at radius 1 is 1.18 bits per heavy atom. The minimum absolute atomic E-state index is 0.124. The quantitative estimate of drug-likeness (QED) is 0.697. The average molecular weight is 387 g/mol. The average Bonchev–Trinajstić information content (AvgIpc) is 3.23. The first kappa shape index (κ1) is 19.1. The van der Waals surface area contributed by atoms with E-state index < -0.39 is 6.10 Å². The highest BCUT2D eigenvalue weighted by Crippen LogP contribution is 2.28. The van der Waals surface area contributed by atoms with E-state index in [2.05, 4.69) is 20.4 Å². The first-order valence-corrected chi connectivity index (χ1v) is 10.5. The fraction of sp³-hybridized carbons (Fsp3) is 0.650. The zero-order valence-corrected chi connectivity index (χ0v) is 16.3. The van der Waals surface area contributed by atoms with E-state index in [9.17, 15) is 9.90 Å². The van der Waals surface area contributed by atoms with Crippen LogP contribution in [0.5, 0.6) is 0 Å². The van der Waals surface area contributed by atoms with Crippen LogP contribution < -0.4 is 15.8 Å². The van der Waals surface area contributed by atoms with Gasteiger partial charge in [-0.25, -0.2) is 4.68 Å². The molecule has 28 heavy (non-hydrogen) atoms. The molecule has 0 radical (unpaired) electrons. The minimum atomic E-state index is -0.483. The third-order valence-electron chi connectivity index (χ3n) is 6.00. The standard InChI is InChI=1S/C20H30N6O2/c27-18-7-2-1-6-17(18)26-20(28)9-8-19(24-26)25-10-4-3-5-16(25)14-21-11-15-12-22-23-13-15/h8-9,12-13,16-18,21,27H,1-7,10-11,14H2,(H,22,23). The van der Waals surface area contributed by atoms with Crippen LogP contribution in [0.4, 0.5) is 5.82 Å². The summed E-state index contributed by atoms with van der Waals surface area (Å²) in [5, 5.41) is 25.4. The number of H-pyrrole nitrogens is 1. The molecule has 152 valence electrons. The Balaban J connectivity index is 1.49. The molecule has 1 saturated carbocycles. The second-order valence-electron chi connectivity index (χ2n) is 7.97. The maximum absolute atomic E-state index is 12.4. The van der Waals surface area contributed by atoms with Gasteiger partial charge in [-0.15, -0.1) is 0 Å². The van der Waals surface area contributed by atoms with Crippen LogP contribution in [0.15, 0.2) is 29.3 Å². The molecule has 2 aliphatic rings. The van der Waals surface area contributed by atoms with E-state index in [0.717, 1.165) is 69.5 Å². The van der Waals surface area contributed by atoms with Crippen LogP contribution in [0.25, 0.3) is 0 Å². The Labute approximate surface area is 165 Å². The van der Waals surface area contributed by atoms with Crippen LogP contribution in [-0.2, 0) is 6.54 Å². The molecule has 3 heterocycles. The highest BCUT2D eigenvalue weighted by atomic mass is 16.3. The second kappa shape index (κ2) is 8.87. The summed E-state index contributed by atoms with van der Waals surface area (Å²) in [6.07, 6.45) is 10.3. The van der Waals surface area contributed by atoms with Crippen molar-refractivity contribution in [2.75, 3.05) is 18.0 Å². The van der Waals surface area contributed by atoms with Gasteiger partial charge in [0.1, 0.15) is 5.82 Å². The first-order valence-electron chi connectivity index (χ1n) is 10.5. The molecule has 2 aromatic heterocycles. The topological polar surface area (TPSA) is 99.1 Å². The van der Waals surface area contributed by atoms with Crippen molar-refractivity contribution < 1.29 is 5.11 Å². The van der Waals surface area contributed by atoms with E-state index in [-0.39, 0.29) is 11.6 Å². The van der Waals surface area contributed by atoms with Crippen molar-refractivity contribution in [2.45, 2.75) is 69.7 Å². The molecule has 0 spiro atoms. The van der Waals surface area contributed by atoms with Crippen molar-refractivity contribution in [3.05, 3.63) is 40.4 Å². The van der Waals surface area contributed by atoms with Gasteiger partial charge in [-0.05, 0) is 38.2 Å². The molecule has 4 rings (SSSR count). The third-order valence-corrected chi connectivity index (χ3v) is 6.00. The normalized spacial score (nSPS) is 25.8. The molecule has 2 aromatic rings. The van der Waals surface area contributed by atoms with Crippen molar-refractivity contribution in [2.24, 2.45) is 0 Å². The highest BCUT2D eigenvalue weighted by molar-refractivity contribution is 5.39. The number of anilines is 1. The summed E-state index contributed by atoms with van der Waals surface area (Å²) in [5.41, 5.74) is 1.02. The zero-order valence-electron chi connectivity index (χ0n) is 16.3. The van der Waals surface area contributed by atoms with Gasteiger partial charge >= 0.3 is 0 Å². The van der Waals surface area contributed by atoms with Crippen LogP contribution >= 0.6 is 0 Å². The molecular weight excluding hydrogens is 356 g/mol. The van der Waals surface area contributed by atoms with E-state index >= 15 is 0 Å². The number of nitrogens with one attached hydrogen (secondary N) is 2. The summed E-state index contributed by atoms with van der Waals surface area (Å²) >= 11 is 0. The Hall–Kier alpha value is -2.19. The Kier molecular flexibility index (Phi) is 6.07. The fourth-order valence-corrected chi connectivity index (χ4v) is 4.45. The molecule has 3 unspecified atom stereocenters. The smallest absolute Gasteiger partial charge is 0.267 e. The largest absolute Gasteiger partial charge is 0.391 e. The lowest BCUT2D eigenvalue weighted by atomic mass is 9.93. The lowest BCUT2D eigenvalue weighted by Crippen LogP contribution is -2.47. The number of aromatic amines is 1. The molecule has 3 N–H and O–H groups in total. The van der Waals surface area contributed by atoms with Crippen molar-refractivity contribution in [3.63, 3.8) is 0 Å². The van der Waals surface area contributed by atoms with Gasteiger partial charge in [0.2, 0.25) is 0 Å². The van der Waals surface area contributed by atoms with Crippen LogP contribution in [-0.4, -0.2) is 50.3 Å². The number of rotatable bonds is 6. The number of piperidine rings is 1. The molecule has 1 aliphatic carbocycles. The van der Waals surface area contributed by atoms with E-state index in [1.807, 2.05) is 18.5 Å². The Morgan fingerprint density at radius 3 is 2.86 bits per heavy atom. The van der Waals surface area contributed by atoms with Crippen molar-refractivity contribution in [3.8, 4) is 0 Å². The summed E-state index contributed by atoms with van der Waals surface area (Å²) in [6, 6.07) is 3.58. The SMILES string of the molecule is O=c1ccc(N2CCCCC2CNCc2cn[nH]c2)nn1C1CCCCC1O. The molecule has 0 bridgehead atoms. The molecule has 8 nitrogen and oxygen atoms in total. The van der Waals surface area contributed by atoms with Gasteiger partial charge in [-0.1, -0.05) is 12.8 Å². The monoisotopic (exact) mass is 386 g/mol. The lowest BCUT2D eigenvalue weighted by molar-refractivity contribution is 0.0669. The number of nitrogens with zero attached hydrogens (tertiary/aromatic N) is 4. The molecule has 3 atom stereocenters. The number of hydrogen-bond acceptors (Lipinski definition) is 6. The number of hydrogen-bond donors (Lipinski definition) is 3. The molecular formula is C20H30N6O2. The summed E-state index contributed by atoms with van der Waals surface area (Å²) in [6.45, 7) is 2.58. The predicted molar refractivity (Wildman–Crippen MR) is 107 cm³/mol. The highest BCUT2D eigenvalue weighted by Gasteiger charge is 2.28. The van der Waals surface area contributed by atoms with E-state index in [4.69, 9.17) is 5.10 Å². The van der Waals surface area contributed by atoms with Crippen molar-refractivity contribution in [1.82, 2.24) is 25.3 Å². The number of aliphatic hydroxyl groups is 1. The molecule has 0 amide bonds. The van der Waals surface area contributed by atoms with Gasteiger partial charge in [-0.3, -0.25) is 9.89 Å². The van der Waals surface area contributed by atoms with Crippen LogP contribution in [0, 0.1) is 0 Å². The van der Waals surface area contributed by atoms with Crippen molar-refractivity contribution >= 4 is 5.82 Å². The van der Waals surface area contributed by atoms with Crippen LogP contribution in [0.3, 0.4) is 0 Å². The Bertz CT molecular complexity index is 805. The van der Waals surface area contributed by atoms with Crippen LogP contribution in [0.1, 0.15) is 56.6 Å². The van der Waals surface area contributed by atoms with Crippen LogP contribution in [0.2, 0.25) is 0 Å². The minimum Gasteiger partial charge on any atom is -0.391 e. The first-order chi connectivity index (χ1) is 13.7. The van der Waals surface area contributed by atoms with Gasteiger partial charge in [-0.2, -0.15) is 10.2 Å². The van der Waals surface area contributed by atoms with Gasteiger partial charge in [0.05, 0.1) is 18.3 Å². The second-order valence-corrected chi connectivity index (χ2v) is 7.97. The van der Waals surface area contributed by atoms with E-state index in [1.54, 1.807) is 6.07 Å². The molecule has 2 fully saturated rings. The molecule has 1 saturated heterocycles. The maximum Gasteiger partial charge on any atom is 0.267 e. The van der Waals surface area contributed by atoms with Crippen molar-refractivity contribution in [1.29, 1.82) is 0 Å². The van der Waals surface area contributed by atoms with E-state index in [0.29, 0.717) is 6.04 Å². The third kappa shape index (κ3) is 4.28. The molecule has 1 aliphatic heterocycles. The van der Waals surface area contributed by atoms with Gasteiger partial charge in [0, 0.05) is 43.5 Å². The van der Waals surface area contributed by atoms with Gasteiger partial charge < -0.3 is 15.3 Å².